The number of hydrogen-bond acceptors (Lipinski definition) is 7. The summed E-state index contributed by atoms with van der Waals surface area (Å²) >= 11 is 0. The Morgan fingerprint density at radius 3 is 2.00 bits per heavy atom. The minimum absolute atomic E-state index is 0.0450. The van der Waals surface area contributed by atoms with Crippen LogP contribution in [0.5, 0.6) is 0 Å². The van der Waals surface area contributed by atoms with Crippen LogP contribution in [0.4, 0.5) is 5.88 Å². The summed E-state index contributed by atoms with van der Waals surface area (Å²) in [6.07, 6.45) is 1.90. The summed E-state index contributed by atoms with van der Waals surface area (Å²) < 4.78 is 14.9. The number of carbonyl (C=O) groups excluding carboxylic acids is 3. The Hall–Kier alpha value is -2.31. The lowest BCUT2D eigenvalue weighted by Gasteiger charge is -2.15. The average molecular weight is 295 g/mol. The Balaban J connectivity index is 2.66. The van der Waals surface area contributed by atoms with Crippen LogP contribution in [0, 0.1) is 0 Å². The lowest BCUT2D eigenvalue weighted by molar-refractivity contribution is 0.0555. The molecule has 0 unspecified atom stereocenters. The van der Waals surface area contributed by atoms with Crippen LogP contribution in [0.2, 0.25) is 0 Å². The first-order chi connectivity index (χ1) is 10.0. The summed E-state index contributed by atoms with van der Waals surface area (Å²) in [4.78, 5) is 37.5. The molecule has 0 bridgehead atoms. The second kappa shape index (κ2) is 5.99. The van der Waals surface area contributed by atoms with E-state index in [4.69, 9.17) is 9.15 Å². The van der Waals surface area contributed by atoms with Crippen LogP contribution in [-0.4, -0.2) is 45.0 Å². The van der Waals surface area contributed by atoms with Crippen LogP contribution >= 0.6 is 0 Å². The molecule has 0 aromatic carbocycles. The van der Waals surface area contributed by atoms with Crippen LogP contribution in [0.3, 0.4) is 0 Å². The van der Waals surface area contributed by atoms with Crippen molar-refractivity contribution in [2.75, 3.05) is 32.2 Å². The lowest BCUT2D eigenvalue weighted by Crippen LogP contribution is -2.21. The average Bonchev–Trinajstić information content (AvgIpc) is 3.11. The normalized spacial score (nSPS) is 14.1. The molecule has 1 aromatic rings. The zero-order chi connectivity index (χ0) is 15.6. The molecule has 1 aromatic heterocycles. The van der Waals surface area contributed by atoms with Crippen LogP contribution in [0.25, 0.3) is 0 Å². The maximum Gasteiger partial charge on any atom is 0.344 e. The number of anilines is 1. The fourth-order valence-corrected chi connectivity index (χ4v) is 2.40. The predicted molar refractivity (Wildman–Crippen MR) is 72.8 cm³/mol. The molecule has 0 saturated carbocycles. The highest BCUT2D eigenvalue weighted by Crippen LogP contribution is 2.34. The Morgan fingerprint density at radius 2 is 1.52 bits per heavy atom. The summed E-state index contributed by atoms with van der Waals surface area (Å²) in [6, 6.07) is 0. The number of ether oxygens (including phenoxy) is 2. The van der Waals surface area contributed by atoms with Gasteiger partial charge in [0.25, 0.3) is 0 Å². The van der Waals surface area contributed by atoms with Crippen molar-refractivity contribution in [1.82, 2.24) is 0 Å². The van der Waals surface area contributed by atoms with Crippen molar-refractivity contribution < 1.29 is 28.3 Å². The zero-order valence-electron chi connectivity index (χ0n) is 12.2. The van der Waals surface area contributed by atoms with Crippen LogP contribution in [0.15, 0.2) is 4.42 Å². The van der Waals surface area contributed by atoms with Crippen molar-refractivity contribution in [1.29, 1.82) is 0 Å². The minimum atomic E-state index is -0.796. The first kappa shape index (κ1) is 15.1. The van der Waals surface area contributed by atoms with Gasteiger partial charge in [-0.15, -0.1) is 0 Å². The number of methoxy groups -OCH3 is 2. The molecular weight excluding hydrogens is 278 g/mol. The predicted octanol–water partition coefficient (Wildman–Crippen LogP) is 1.66. The number of Topliss-reactive ketones (excluding diaryl/α,β-unsaturated/α-hetero) is 1. The SMILES string of the molecule is COC(=O)c1c(C(C)=O)oc(N2CCCC2)c1C(=O)OC. The Morgan fingerprint density at radius 1 is 1.00 bits per heavy atom. The molecule has 7 heteroatoms. The molecule has 114 valence electrons. The van der Waals surface area contributed by atoms with Gasteiger partial charge in [-0.1, -0.05) is 0 Å². The molecule has 1 saturated heterocycles. The van der Waals surface area contributed by atoms with E-state index >= 15 is 0 Å². The van der Waals surface area contributed by atoms with E-state index in [0.717, 1.165) is 12.8 Å². The summed E-state index contributed by atoms with van der Waals surface area (Å²) in [5.74, 6) is -1.96. The summed E-state index contributed by atoms with van der Waals surface area (Å²) in [6.45, 7) is 2.64. The van der Waals surface area contributed by atoms with Gasteiger partial charge in [-0.3, -0.25) is 4.79 Å². The van der Waals surface area contributed by atoms with Crippen molar-refractivity contribution >= 4 is 23.6 Å². The minimum Gasteiger partial charge on any atom is -0.465 e. The van der Waals surface area contributed by atoms with Crippen molar-refractivity contribution in [2.24, 2.45) is 0 Å². The number of carbonyl (C=O) groups is 3. The van der Waals surface area contributed by atoms with E-state index in [1.54, 1.807) is 0 Å². The van der Waals surface area contributed by atoms with E-state index in [9.17, 15) is 14.4 Å². The molecule has 21 heavy (non-hydrogen) atoms. The molecule has 1 fully saturated rings. The quantitative estimate of drug-likeness (QED) is 0.616. The number of nitrogens with zero attached hydrogens (tertiary/aromatic N) is 1. The molecular formula is C14H17NO6. The lowest BCUT2D eigenvalue weighted by atomic mass is 10.1. The number of rotatable bonds is 4. The van der Waals surface area contributed by atoms with Gasteiger partial charge in [0.05, 0.1) is 14.2 Å². The first-order valence-corrected chi connectivity index (χ1v) is 6.60. The number of hydrogen-bond donors (Lipinski definition) is 0. The highest BCUT2D eigenvalue weighted by molar-refractivity contribution is 6.13. The van der Waals surface area contributed by atoms with Crippen molar-refractivity contribution in [2.45, 2.75) is 19.8 Å². The third kappa shape index (κ3) is 2.63. The molecule has 0 aliphatic carbocycles. The second-order valence-electron chi connectivity index (χ2n) is 4.72. The molecule has 1 aliphatic rings. The first-order valence-electron chi connectivity index (χ1n) is 6.60. The maximum absolute atomic E-state index is 12.0. The van der Waals surface area contributed by atoms with Gasteiger partial charge in [0.15, 0.2) is 11.5 Å². The van der Waals surface area contributed by atoms with E-state index in [-0.39, 0.29) is 22.8 Å². The number of esters is 2. The maximum atomic E-state index is 12.0. The molecule has 0 atom stereocenters. The topological polar surface area (TPSA) is 86.1 Å². The van der Waals surface area contributed by atoms with Gasteiger partial charge in [-0.25, -0.2) is 9.59 Å². The second-order valence-corrected chi connectivity index (χ2v) is 4.72. The molecule has 0 radical (unpaired) electrons. The molecule has 2 heterocycles. The zero-order valence-corrected chi connectivity index (χ0v) is 12.2. The van der Waals surface area contributed by atoms with Gasteiger partial charge in [-0.05, 0) is 12.8 Å². The monoisotopic (exact) mass is 295 g/mol. The van der Waals surface area contributed by atoms with Crippen molar-refractivity contribution in [3.63, 3.8) is 0 Å². The van der Waals surface area contributed by atoms with Gasteiger partial charge < -0.3 is 18.8 Å². The van der Waals surface area contributed by atoms with Crippen LogP contribution in [-0.2, 0) is 9.47 Å². The fourth-order valence-electron chi connectivity index (χ4n) is 2.40. The molecule has 0 spiro atoms. The van der Waals surface area contributed by atoms with Crippen LogP contribution in [0.1, 0.15) is 51.0 Å². The summed E-state index contributed by atoms with van der Waals surface area (Å²) in [5, 5.41) is 0. The molecule has 7 nitrogen and oxygen atoms in total. The van der Waals surface area contributed by atoms with Gasteiger partial charge in [0.2, 0.25) is 5.88 Å². The summed E-state index contributed by atoms with van der Waals surface area (Å²) in [7, 11) is 2.38. The molecule has 1 aliphatic heterocycles. The highest BCUT2D eigenvalue weighted by Gasteiger charge is 2.36. The van der Waals surface area contributed by atoms with Gasteiger partial charge in [-0.2, -0.15) is 0 Å². The van der Waals surface area contributed by atoms with E-state index in [2.05, 4.69) is 4.74 Å². The van der Waals surface area contributed by atoms with Gasteiger partial charge in [0, 0.05) is 20.0 Å². The van der Waals surface area contributed by atoms with Gasteiger partial charge in [0.1, 0.15) is 11.1 Å². The van der Waals surface area contributed by atoms with Crippen molar-refractivity contribution in [3.05, 3.63) is 16.9 Å². The standard InChI is InChI=1S/C14H17NO6/c1-8(16)11-9(13(17)19-2)10(14(18)20-3)12(21-11)15-6-4-5-7-15/h4-7H2,1-3H3. The fraction of sp³-hybridized carbons (Fsp3) is 0.500. The largest absolute Gasteiger partial charge is 0.465 e. The Kier molecular flexibility index (Phi) is 4.30. The molecule has 0 amide bonds. The summed E-state index contributed by atoms with van der Waals surface area (Å²) in [5.41, 5.74) is -0.213. The smallest absolute Gasteiger partial charge is 0.344 e. The number of ketones is 1. The Labute approximate surface area is 121 Å². The van der Waals surface area contributed by atoms with E-state index in [1.165, 1.54) is 21.1 Å². The number of furan rings is 1. The Bertz CT molecular complexity index is 583. The highest BCUT2D eigenvalue weighted by atomic mass is 16.5. The molecule has 2 rings (SSSR count). The third-order valence-electron chi connectivity index (χ3n) is 3.38. The third-order valence-corrected chi connectivity index (χ3v) is 3.38. The van der Waals surface area contributed by atoms with Crippen molar-refractivity contribution in [3.8, 4) is 0 Å². The van der Waals surface area contributed by atoms with Gasteiger partial charge >= 0.3 is 11.9 Å². The van der Waals surface area contributed by atoms with E-state index in [0.29, 0.717) is 13.1 Å². The van der Waals surface area contributed by atoms with E-state index < -0.39 is 17.7 Å². The van der Waals surface area contributed by atoms with Crippen LogP contribution < -0.4 is 4.90 Å². The van der Waals surface area contributed by atoms with E-state index in [1.807, 2.05) is 4.90 Å². The molecule has 0 N–H and O–H groups in total.